The van der Waals surface area contributed by atoms with Gasteiger partial charge in [0.05, 0.1) is 34.6 Å². The molecule has 2 aliphatic heterocycles. The summed E-state index contributed by atoms with van der Waals surface area (Å²) >= 11 is 0. The third kappa shape index (κ3) is 7.16. The number of anilines is 1. The first-order chi connectivity index (χ1) is 28.0. The number of hydrogen-bond donors (Lipinski definition) is 2. The Labute approximate surface area is 335 Å². The van der Waals surface area contributed by atoms with Crippen molar-refractivity contribution in [1.82, 2.24) is 43.3 Å². The molecular formula is C43H50N10O5. The zero-order valence-corrected chi connectivity index (χ0v) is 33.5. The summed E-state index contributed by atoms with van der Waals surface area (Å²) in [6, 6.07) is 7.39. The van der Waals surface area contributed by atoms with Crippen LogP contribution in [0.1, 0.15) is 110 Å². The molecule has 0 bridgehead atoms. The summed E-state index contributed by atoms with van der Waals surface area (Å²) < 4.78 is 12.9. The maximum atomic E-state index is 13.7. The van der Waals surface area contributed by atoms with Gasteiger partial charge < -0.3 is 19.4 Å². The summed E-state index contributed by atoms with van der Waals surface area (Å²) in [6.07, 6.45) is 16.1. The number of imidazole rings is 2. The van der Waals surface area contributed by atoms with Crippen molar-refractivity contribution >= 4 is 45.7 Å². The third-order valence-electron chi connectivity index (χ3n) is 12.4. The summed E-state index contributed by atoms with van der Waals surface area (Å²) in [5.41, 5.74) is 6.84. The van der Waals surface area contributed by atoms with Crippen molar-refractivity contribution in [3.05, 3.63) is 88.1 Å². The number of carbonyl (C=O) groups excluding carboxylic acids is 3. The Bertz CT molecular complexity index is 2620. The Morgan fingerprint density at radius 3 is 2.50 bits per heavy atom. The van der Waals surface area contributed by atoms with Crippen LogP contribution in [0, 0.1) is 12.8 Å². The lowest BCUT2D eigenvalue weighted by molar-refractivity contribution is -0.135. The number of likely N-dealkylation sites (tertiary alicyclic amines) is 1. The highest BCUT2D eigenvalue weighted by Crippen LogP contribution is 2.38. The smallest absolute Gasteiger partial charge is 0.329 e. The predicted molar refractivity (Wildman–Crippen MR) is 218 cm³/mol. The van der Waals surface area contributed by atoms with Gasteiger partial charge in [0.15, 0.2) is 5.65 Å². The van der Waals surface area contributed by atoms with E-state index < -0.39 is 11.9 Å². The first-order valence-electron chi connectivity index (χ1n) is 20.6. The molecule has 1 aromatic carbocycles. The quantitative estimate of drug-likeness (QED) is 0.180. The molecule has 3 fully saturated rings. The minimum atomic E-state index is -0.678. The number of nitrogens with one attached hydrogen (secondary N) is 2. The molecule has 3 amide bonds. The number of amides is 3. The van der Waals surface area contributed by atoms with Crippen molar-refractivity contribution in [2.24, 2.45) is 13.0 Å². The van der Waals surface area contributed by atoms with E-state index in [0.29, 0.717) is 46.8 Å². The fourth-order valence-electron chi connectivity index (χ4n) is 9.32. The Kier molecular flexibility index (Phi) is 9.86. The lowest BCUT2D eigenvalue weighted by Gasteiger charge is -2.36. The van der Waals surface area contributed by atoms with Gasteiger partial charge in [-0.1, -0.05) is 6.07 Å². The number of ether oxygens (including phenoxy) is 1. The summed E-state index contributed by atoms with van der Waals surface area (Å²) in [4.78, 5) is 63.4. The van der Waals surface area contributed by atoms with E-state index >= 15 is 0 Å². The van der Waals surface area contributed by atoms with Gasteiger partial charge in [-0.3, -0.25) is 28.8 Å². The number of hydrogen-bond acceptors (Lipinski definition) is 9. The Hall–Kier alpha value is -5.83. The summed E-state index contributed by atoms with van der Waals surface area (Å²) in [7, 11) is 1.75. The normalized spacial score (nSPS) is 21.0. The minimum absolute atomic E-state index is 0.126. The highest BCUT2D eigenvalue weighted by molar-refractivity contribution is 6.07. The molecular weight excluding hydrogens is 737 g/mol. The van der Waals surface area contributed by atoms with Crippen LogP contribution in [-0.4, -0.2) is 81.5 Å². The Balaban J connectivity index is 0.816. The van der Waals surface area contributed by atoms with Crippen molar-refractivity contribution in [2.45, 2.75) is 96.1 Å². The number of benzene rings is 1. The lowest BCUT2D eigenvalue weighted by atomic mass is 9.80. The topological polar surface area (TPSA) is 162 Å². The van der Waals surface area contributed by atoms with Gasteiger partial charge in [0.2, 0.25) is 11.8 Å². The molecule has 15 nitrogen and oxygen atoms in total. The molecule has 7 heterocycles. The molecule has 15 heteroatoms. The van der Waals surface area contributed by atoms with Crippen LogP contribution in [0.25, 0.3) is 22.3 Å². The van der Waals surface area contributed by atoms with Crippen LogP contribution in [0.4, 0.5) is 5.69 Å². The maximum absolute atomic E-state index is 13.7. The minimum Gasteiger partial charge on any atom is -0.490 e. The number of aryl methyl sites for hydroxylation is 2. The van der Waals surface area contributed by atoms with E-state index in [2.05, 4.69) is 43.9 Å². The van der Waals surface area contributed by atoms with Crippen LogP contribution < -0.4 is 21.1 Å². The average Bonchev–Trinajstić information content (AvgIpc) is 3.88. The van der Waals surface area contributed by atoms with Crippen LogP contribution in [0.15, 0.2) is 60.0 Å². The van der Waals surface area contributed by atoms with Gasteiger partial charge in [0.1, 0.15) is 23.1 Å². The molecule has 58 heavy (non-hydrogen) atoms. The second-order valence-corrected chi connectivity index (χ2v) is 16.8. The number of nitrogens with zero attached hydrogens (tertiary/aromatic N) is 8. The highest BCUT2D eigenvalue weighted by Gasteiger charge is 2.32. The first-order valence-corrected chi connectivity index (χ1v) is 20.6. The Morgan fingerprint density at radius 2 is 1.74 bits per heavy atom. The van der Waals surface area contributed by atoms with E-state index in [-0.39, 0.29) is 30.0 Å². The maximum Gasteiger partial charge on any atom is 0.329 e. The number of carbonyl (C=O) groups is 3. The average molecular weight is 787 g/mol. The van der Waals surface area contributed by atoms with E-state index in [4.69, 9.17) is 9.72 Å². The van der Waals surface area contributed by atoms with Crippen molar-refractivity contribution in [2.75, 3.05) is 25.0 Å². The number of rotatable bonds is 9. The van der Waals surface area contributed by atoms with Crippen LogP contribution >= 0.6 is 0 Å². The van der Waals surface area contributed by atoms with Gasteiger partial charge in [0, 0.05) is 56.8 Å². The van der Waals surface area contributed by atoms with Gasteiger partial charge >= 0.3 is 5.69 Å². The van der Waals surface area contributed by atoms with Crippen molar-refractivity contribution < 1.29 is 19.1 Å². The number of aromatic nitrogens is 7. The van der Waals surface area contributed by atoms with Crippen LogP contribution in [0.5, 0.6) is 5.75 Å². The zero-order valence-electron chi connectivity index (χ0n) is 33.5. The second-order valence-electron chi connectivity index (χ2n) is 16.8. The number of piperidine rings is 2. The molecule has 0 radical (unpaired) electrons. The number of imide groups is 1. The van der Waals surface area contributed by atoms with Crippen LogP contribution in [-0.2, 0) is 16.6 Å². The van der Waals surface area contributed by atoms with Gasteiger partial charge in [-0.25, -0.2) is 19.3 Å². The SMILES string of the molecule is Cc1cnc2c(NC(=O)c3cn4cc([C@H]5CC[C@H](CN6CCC(c7ccc8c(c7)n(C)c(=O)n8C7CCC(=O)NC7=O)CC6)CC5)nc4cc3OC(C)C)cnn2c1. The molecule has 6 aromatic rings. The van der Waals surface area contributed by atoms with Gasteiger partial charge in [-0.05, 0) is 114 Å². The standard InChI is InChI=1S/C43H50N10O5/c1-25(2)58-37-18-38-46-33(24-51(38)23-31(37)41(55)47-32-20-45-52-21-26(3)19-44-40(32)52)29-7-5-27(6-8-29)22-50-15-13-28(14-16-50)30-9-10-34-36(17-30)49(4)43(57)53(34)35-11-12-39(54)48-42(35)56/h9-10,17-21,23-25,27-29,35H,5-8,11-16,22H2,1-4H3,(H,47,55)(H,48,54,56)/t27-,29-,35?. The first kappa shape index (κ1) is 37.7. The molecule has 1 saturated carbocycles. The van der Waals surface area contributed by atoms with E-state index in [9.17, 15) is 19.2 Å². The summed E-state index contributed by atoms with van der Waals surface area (Å²) in [6.45, 7) is 9.01. The third-order valence-corrected chi connectivity index (χ3v) is 12.4. The van der Waals surface area contributed by atoms with Gasteiger partial charge in [-0.15, -0.1) is 0 Å². The van der Waals surface area contributed by atoms with Gasteiger partial charge in [0.25, 0.3) is 5.91 Å². The Morgan fingerprint density at radius 1 is 0.948 bits per heavy atom. The number of pyridine rings is 1. The zero-order chi connectivity index (χ0) is 40.2. The molecule has 0 spiro atoms. The van der Waals surface area contributed by atoms with E-state index in [1.54, 1.807) is 33.1 Å². The highest BCUT2D eigenvalue weighted by atomic mass is 16.5. The fraction of sp³-hybridized carbons (Fsp3) is 0.465. The van der Waals surface area contributed by atoms with Gasteiger partial charge in [-0.2, -0.15) is 5.10 Å². The van der Waals surface area contributed by atoms with E-state index in [0.717, 1.165) is 86.1 Å². The number of fused-ring (bicyclic) bond motifs is 3. The molecule has 3 aliphatic rings. The summed E-state index contributed by atoms with van der Waals surface area (Å²) in [5.74, 6) is 0.888. The molecule has 1 aliphatic carbocycles. The molecule has 1 unspecified atom stereocenters. The molecule has 5 aromatic heterocycles. The van der Waals surface area contributed by atoms with Crippen LogP contribution in [0.3, 0.4) is 0 Å². The van der Waals surface area contributed by atoms with Crippen molar-refractivity contribution in [3.63, 3.8) is 0 Å². The van der Waals surface area contributed by atoms with Crippen molar-refractivity contribution in [1.29, 1.82) is 0 Å². The summed E-state index contributed by atoms with van der Waals surface area (Å²) in [5, 5.41) is 9.72. The lowest BCUT2D eigenvalue weighted by Crippen LogP contribution is -2.44. The van der Waals surface area contributed by atoms with E-state index in [1.807, 2.05) is 49.7 Å². The van der Waals surface area contributed by atoms with Crippen LogP contribution in [0.2, 0.25) is 0 Å². The molecule has 9 rings (SSSR count). The predicted octanol–water partition coefficient (Wildman–Crippen LogP) is 5.51. The second kappa shape index (κ2) is 15.2. The molecule has 2 saturated heterocycles. The molecule has 1 atom stereocenters. The largest absolute Gasteiger partial charge is 0.490 e. The van der Waals surface area contributed by atoms with Crippen molar-refractivity contribution in [3.8, 4) is 5.75 Å². The molecule has 2 N–H and O–H groups in total. The molecule has 302 valence electrons. The monoisotopic (exact) mass is 786 g/mol. The van der Waals surface area contributed by atoms with E-state index in [1.165, 1.54) is 5.56 Å². The fourth-order valence-corrected chi connectivity index (χ4v) is 9.32.